The fourth-order valence-corrected chi connectivity index (χ4v) is 3.09. The molecular weight excluding hydrogens is 285 g/mol. The molecule has 6 heteroatoms. The summed E-state index contributed by atoms with van der Waals surface area (Å²) >= 11 is 1.43. The molecule has 1 atom stereocenters. The Bertz CT molecular complexity index is 625. The number of benzene rings is 1. The van der Waals surface area contributed by atoms with Crippen molar-refractivity contribution in [3.63, 3.8) is 0 Å². The van der Waals surface area contributed by atoms with E-state index in [4.69, 9.17) is 5.73 Å². The van der Waals surface area contributed by atoms with E-state index in [-0.39, 0.29) is 11.5 Å². The quantitative estimate of drug-likeness (QED) is 0.867. The van der Waals surface area contributed by atoms with Crippen molar-refractivity contribution in [3.05, 3.63) is 39.5 Å². The highest BCUT2D eigenvalue weighted by atomic mass is 32.1. The summed E-state index contributed by atoms with van der Waals surface area (Å²) in [5.74, 6) is -3.77. The molecule has 2 aromatic rings. The molecule has 0 aliphatic rings. The summed E-state index contributed by atoms with van der Waals surface area (Å²) in [4.78, 5) is 5.11. The molecule has 1 aromatic carbocycles. The SMILES string of the molecule is Cc1nc(-c2ccc(F)c(F)c2F)c(C(C)CCN)s1. The lowest BCUT2D eigenvalue weighted by molar-refractivity contribution is 0.448. The van der Waals surface area contributed by atoms with Crippen molar-refractivity contribution >= 4 is 11.3 Å². The van der Waals surface area contributed by atoms with Crippen LogP contribution in [0.3, 0.4) is 0 Å². The number of halogens is 3. The first-order valence-electron chi connectivity index (χ1n) is 6.27. The summed E-state index contributed by atoms with van der Waals surface area (Å²) in [7, 11) is 0. The van der Waals surface area contributed by atoms with Crippen LogP contribution in [0.1, 0.15) is 29.1 Å². The first-order valence-corrected chi connectivity index (χ1v) is 7.08. The zero-order valence-corrected chi connectivity index (χ0v) is 12.0. The zero-order chi connectivity index (χ0) is 14.9. The van der Waals surface area contributed by atoms with Gasteiger partial charge in [0.05, 0.1) is 10.7 Å². The number of nitrogens with two attached hydrogens (primary N) is 1. The number of aryl methyl sites for hydroxylation is 1. The lowest BCUT2D eigenvalue weighted by Gasteiger charge is -2.11. The largest absolute Gasteiger partial charge is 0.330 e. The van der Waals surface area contributed by atoms with Gasteiger partial charge < -0.3 is 5.73 Å². The van der Waals surface area contributed by atoms with Gasteiger partial charge in [-0.3, -0.25) is 0 Å². The van der Waals surface area contributed by atoms with Crippen molar-refractivity contribution in [2.45, 2.75) is 26.2 Å². The summed E-state index contributed by atoms with van der Waals surface area (Å²) in [5.41, 5.74) is 5.91. The third-order valence-electron chi connectivity index (χ3n) is 3.10. The van der Waals surface area contributed by atoms with E-state index < -0.39 is 17.5 Å². The van der Waals surface area contributed by atoms with E-state index in [9.17, 15) is 13.2 Å². The highest BCUT2D eigenvalue weighted by molar-refractivity contribution is 7.12. The molecule has 1 unspecified atom stereocenters. The highest BCUT2D eigenvalue weighted by Crippen LogP contribution is 2.36. The minimum absolute atomic E-state index is 0.00729. The lowest BCUT2D eigenvalue weighted by atomic mass is 10.0. The van der Waals surface area contributed by atoms with Crippen molar-refractivity contribution in [2.24, 2.45) is 5.73 Å². The van der Waals surface area contributed by atoms with Crippen LogP contribution < -0.4 is 5.73 Å². The molecule has 2 N–H and O–H groups in total. The maximum Gasteiger partial charge on any atom is 0.195 e. The molecule has 1 aromatic heterocycles. The molecule has 1 heterocycles. The van der Waals surface area contributed by atoms with Crippen molar-refractivity contribution < 1.29 is 13.2 Å². The maximum atomic E-state index is 13.9. The van der Waals surface area contributed by atoms with Crippen LogP contribution in [0.2, 0.25) is 0 Å². The van der Waals surface area contributed by atoms with Crippen molar-refractivity contribution in [1.29, 1.82) is 0 Å². The Morgan fingerprint density at radius 2 is 1.95 bits per heavy atom. The Morgan fingerprint density at radius 1 is 1.25 bits per heavy atom. The maximum absolute atomic E-state index is 13.9. The molecule has 0 saturated carbocycles. The molecule has 0 radical (unpaired) electrons. The molecular formula is C14H15F3N2S. The van der Waals surface area contributed by atoms with Crippen molar-refractivity contribution in [2.75, 3.05) is 6.54 Å². The minimum Gasteiger partial charge on any atom is -0.330 e. The van der Waals surface area contributed by atoms with Gasteiger partial charge in [-0.05, 0) is 37.9 Å². The zero-order valence-electron chi connectivity index (χ0n) is 11.2. The minimum atomic E-state index is -1.47. The number of hydrogen-bond donors (Lipinski definition) is 1. The molecule has 20 heavy (non-hydrogen) atoms. The number of thiazole rings is 1. The Kier molecular flexibility index (Phi) is 4.45. The first-order chi connectivity index (χ1) is 9.45. The highest BCUT2D eigenvalue weighted by Gasteiger charge is 2.22. The monoisotopic (exact) mass is 300 g/mol. The fraction of sp³-hybridized carbons (Fsp3) is 0.357. The predicted octanol–water partition coefficient (Wildman–Crippen LogP) is 3.99. The molecule has 2 nitrogen and oxygen atoms in total. The van der Waals surface area contributed by atoms with Crippen LogP contribution >= 0.6 is 11.3 Å². The summed E-state index contributed by atoms with van der Waals surface area (Å²) in [6.45, 7) is 4.25. The normalized spacial score (nSPS) is 12.7. The van der Waals surface area contributed by atoms with Crippen LogP contribution in [0.4, 0.5) is 13.2 Å². The Hall–Kier alpha value is -1.40. The van der Waals surface area contributed by atoms with Crippen molar-refractivity contribution in [1.82, 2.24) is 4.98 Å². The van der Waals surface area contributed by atoms with Crippen molar-refractivity contribution in [3.8, 4) is 11.3 Å². The van der Waals surface area contributed by atoms with Crippen LogP contribution in [0.15, 0.2) is 12.1 Å². The molecule has 0 saturated heterocycles. The van der Waals surface area contributed by atoms with Crippen LogP contribution in [0.5, 0.6) is 0 Å². The Balaban J connectivity index is 2.56. The first kappa shape index (κ1) is 15.0. The average molecular weight is 300 g/mol. The lowest BCUT2D eigenvalue weighted by Crippen LogP contribution is -2.05. The number of rotatable bonds is 4. The summed E-state index contributed by atoms with van der Waals surface area (Å²) < 4.78 is 40.3. The summed E-state index contributed by atoms with van der Waals surface area (Å²) in [6, 6.07) is 2.14. The Labute approximate surface area is 119 Å². The second-order valence-corrected chi connectivity index (χ2v) is 5.88. The van der Waals surface area contributed by atoms with E-state index >= 15 is 0 Å². The van der Waals surface area contributed by atoms with E-state index in [0.29, 0.717) is 12.2 Å². The average Bonchev–Trinajstić information content (AvgIpc) is 2.78. The van der Waals surface area contributed by atoms with Gasteiger partial charge in [0.15, 0.2) is 17.5 Å². The van der Waals surface area contributed by atoms with E-state index in [1.807, 2.05) is 6.92 Å². The Morgan fingerprint density at radius 3 is 2.60 bits per heavy atom. The standard InChI is InChI=1S/C14H15F3N2S/c1-7(5-6-18)14-13(19-8(2)20-14)9-3-4-10(15)12(17)11(9)16/h3-4,7H,5-6,18H2,1-2H3. The molecule has 2 rings (SSSR count). The number of hydrogen-bond acceptors (Lipinski definition) is 3. The number of nitrogens with zero attached hydrogens (tertiary/aromatic N) is 1. The van der Waals surface area contributed by atoms with E-state index in [0.717, 1.165) is 22.4 Å². The fourth-order valence-electron chi connectivity index (χ4n) is 2.06. The topological polar surface area (TPSA) is 38.9 Å². The van der Waals surface area contributed by atoms with Gasteiger partial charge in [0.25, 0.3) is 0 Å². The van der Waals surface area contributed by atoms with Gasteiger partial charge in [0.1, 0.15) is 0 Å². The van der Waals surface area contributed by atoms with E-state index in [1.54, 1.807) is 6.92 Å². The van der Waals surface area contributed by atoms with Crippen LogP contribution in [0.25, 0.3) is 11.3 Å². The van der Waals surface area contributed by atoms with Gasteiger partial charge in [-0.1, -0.05) is 6.92 Å². The van der Waals surface area contributed by atoms with Gasteiger partial charge in [0.2, 0.25) is 0 Å². The predicted molar refractivity (Wildman–Crippen MR) is 74.2 cm³/mol. The second-order valence-electron chi connectivity index (χ2n) is 4.65. The van der Waals surface area contributed by atoms with Gasteiger partial charge in [-0.2, -0.15) is 0 Å². The molecule has 0 aliphatic heterocycles. The van der Waals surface area contributed by atoms with Crippen LogP contribution in [-0.4, -0.2) is 11.5 Å². The molecule has 0 spiro atoms. The molecule has 0 fully saturated rings. The van der Waals surface area contributed by atoms with E-state index in [1.165, 1.54) is 17.4 Å². The number of aromatic nitrogens is 1. The molecule has 108 valence electrons. The molecule has 0 aliphatic carbocycles. The molecule has 0 bridgehead atoms. The summed E-state index contributed by atoms with van der Waals surface area (Å²) in [5, 5.41) is 0.753. The second kappa shape index (κ2) is 5.93. The van der Waals surface area contributed by atoms with Gasteiger partial charge >= 0.3 is 0 Å². The third kappa shape index (κ3) is 2.71. The van der Waals surface area contributed by atoms with Crippen LogP contribution in [-0.2, 0) is 0 Å². The van der Waals surface area contributed by atoms with Crippen LogP contribution in [0, 0.1) is 24.4 Å². The van der Waals surface area contributed by atoms with Gasteiger partial charge in [0, 0.05) is 10.4 Å². The van der Waals surface area contributed by atoms with Gasteiger partial charge in [-0.15, -0.1) is 11.3 Å². The van der Waals surface area contributed by atoms with Gasteiger partial charge in [-0.25, -0.2) is 18.2 Å². The smallest absolute Gasteiger partial charge is 0.195 e. The third-order valence-corrected chi connectivity index (χ3v) is 4.30. The summed E-state index contributed by atoms with van der Waals surface area (Å²) in [6.07, 6.45) is 0.722. The van der Waals surface area contributed by atoms with E-state index in [2.05, 4.69) is 4.98 Å². The molecule has 0 amide bonds.